The van der Waals surface area contributed by atoms with Crippen LogP contribution in [0.1, 0.15) is 37.0 Å². The molecule has 0 atom stereocenters. The van der Waals surface area contributed by atoms with E-state index < -0.39 is 0 Å². The Morgan fingerprint density at radius 3 is 2.55 bits per heavy atom. The largest absolute Gasteiger partial charge is 0.458 e. The molecule has 31 heavy (non-hydrogen) atoms. The predicted octanol–water partition coefficient (Wildman–Crippen LogP) is 2.64. The molecule has 0 unspecified atom stereocenters. The van der Waals surface area contributed by atoms with E-state index in [0.717, 1.165) is 37.0 Å². The van der Waals surface area contributed by atoms with Crippen LogP contribution < -0.4 is 10.2 Å². The molecule has 162 valence electrons. The number of rotatable bonds is 7. The molecule has 0 radical (unpaired) electrons. The van der Waals surface area contributed by atoms with Gasteiger partial charge >= 0.3 is 0 Å². The fourth-order valence-corrected chi connectivity index (χ4v) is 3.71. The summed E-state index contributed by atoms with van der Waals surface area (Å²) in [6, 6.07) is 11.3. The van der Waals surface area contributed by atoms with Crippen molar-refractivity contribution in [1.82, 2.24) is 25.5 Å². The second kappa shape index (κ2) is 9.11. The number of aryl methyl sites for hydroxylation is 2. The molecule has 2 heterocycles. The number of nitrogens with zero attached hydrogens (tertiary/aromatic N) is 5. The summed E-state index contributed by atoms with van der Waals surface area (Å²) in [7, 11) is 0. The van der Waals surface area contributed by atoms with E-state index >= 15 is 0 Å². The maximum absolute atomic E-state index is 13.1. The second-order valence-corrected chi connectivity index (χ2v) is 7.92. The molecule has 1 aromatic carbocycles. The fraction of sp³-hybridized carbons (Fsp3) is 0.409. The van der Waals surface area contributed by atoms with Gasteiger partial charge < -0.3 is 14.6 Å². The number of carbonyl (C=O) groups is 2. The minimum atomic E-state index is -0.301. The Hall–Kier alpha value is -3.49. The highest BCUT2D eigenvalue weighted by Crippen LogP contribution is 2.19. The van der Waals surface area contributed by atoms with Crippen LogP contribution in [-0.2, 0) is 16.1 Å². The van der Waals surface area contributed by atoms with Crippen molar-refractivity contribution in [1.29, 1.82) is 0 Å². The number of hydrogen-bond donors (Lipinski definition) is 1. The molecule has 0 saturated heterocycles. The monoisotopic (exact) mass is 422 g/mol. The van der Waals surface area contributed by atoms with Gasteiger partial charge in [-0.3, -0.25) is 9.59 Å². The average molecular weight is 422 g/mol. The standard InChI is InChI=1S/C22H26N6O3/c1-15-7-10-18(11-8-15)27(13-20(29)23-17-5-3-4-6-17)21(30)14-28-25-22(24-26-28)19-12-9-16(2)31-19/h7-12,17H,3-6,13-14H2,1-2H3,(H,23,29). The van der Waals surface area contributed by atoms with Crippen LogP contribution in [-0.4, -0.2) is 44.6 Å². The molecule has 1 aliphatic carbocycles. The van der Waals surface area contributed by atoms with E-state index in [9.17, 15) is 9.59 Å². The molecule has 4 rings (SSSR count). The lowest BCUT2D eigenvalue weighted by atomic mass is 10.2. The third-order valence-corrected chi connectivity index (χ3v) is 5.36. The number of carbonyl (C=O) groups excluding carboxylic acids is 2. The van der Waals surface area contributed by atoms with Gasteiger partial charge in [-0.25, -0.2) is 0 Å². The Morgan fingerprint density at radius 1 is 1.13 bits per heavy atom. The maximum Gasteiger partial charge on any atom is 0.251 e. The molecule has 0 bridgehead atoms. The lowest BCUT2D eigenvalue weighted by Crippen LogP contribution is -2.44. The van der Waals surface area contributed by atoms with Gasteiger partial charge in [0.05, 0.1) is 0 Å². The highest BCUT2D eigenvalue weighted by atomic mass is 16.3. The zero-order valence-electron chi connectivity index (χ0n) is 17.7. The van der Waals surface area contributed by atoms with Crippen LogP contribution in [0.3, 0.4) is 0 Å². The van der Waals surface area contributed by atoms with Crippen LogP contribution >= 0.6 is 0 Å². The van der Waals surface area contributed by atoms with Crippen molar-refractivity contribution in [2.75, 3.05) is 11.4 Å². The van der Waals surface area contributed by atoms with Crippen molar-refractivity contribution in [3.05, 3.63) is 47.7 Å². The first-order valence-electron chi connectivity index (χ1n) is 10.5. The smallest absolute Gasteiger partial charge is 0.251 e. The molecule has 0 spiro atoms. The Balaban J connectivity index is 1.48. The Bertz CT molecular complexity index is 1050. The predicted molar refractivity (Wildman–Crippen MR) is 114 cm³/mol. The first-order chi connectivity index (χ1) is 15.0. The van der Waals surface area contributed by atoms with Crippen molar-refractivity contribution in [2.24, 2.45) is 0 Å². The van der Waals surface area contributed by atoms with Gasteiger partial charge in [-0.1, -0.05) is 30.5 Å². The van der Waals surface area contributed by atoms with Gasteiger partial charge in [-0.05, 0) is 56.2 Å². The lowest BCUT2D eigenvalue weighted by molar-refractivity contribution is -0.124. The zero-order valence-corrected chi connectivity index (χ0v) is 17.7. The van der Waals surface area contributed by atoms with Crippen molar-refractivity contribution < 1.29 is 14.0 Å². The number of benzene rings is 1. The van der Waals surface area contributed by atoms with Crippen LogP contribution in [0.2, 0.25) is 0 Å². The van der Waals surface area contributed by atoms with Gasteiger partial charge in [-0.2, -0.15) is 4.80 Å². The molecule has 2 aromatic heterocycles. The van der Waals surface area contributed by atoms with Crippen LogP contribution in [0, 0.1) is 13.8 Å². The minimum Gasteiger partial charge on any atom is -0.458 e. The quantitative estimate of drug-likeness (QED) is 0.627. The number of aromatic nitrogens is 4. The molecule has 9 nitrogen and oxygen atoms in total. The van der Waals surface area contributed by atoms with Crippen molar-refractivity contribution in [2.45, 2.75) is 52.1 Å². The summed E-state index contributed by atoms with van der Waals surface area (Å²) in [4.78, 5) is 28.4. The third kappa shape index (κ3) is 5.17. The molecule has 3 aromatic rings. The topological polar surface area (TPSA) is 106 Å². The van der Waals surface area contributed by atoms with Crippen molar-refractivity contribution >= 4 is 17.5 Å². The normalized spacial score (nSPS) is 14.0. The summed E-state index contributed by atoms with van der Waals surface area (Å²) < 4.78 is 5.51. The van der Waals surface area contributed by atoms with E-state index in [0.29, 0.717) is 17.3 Å². The van der Waals surface area contributed by atoms with E-state index in [1.807, 2.05) is 44.2 Å². The van der Waals surface area contributed by atoms with Gasteiger partial charge in [0.15, 0.2) is 5.76 Å². The summed E-state index contributed by atoms with van der Waals surface area (Å²) in [5.74, 6) is 1.06. The summed E-state index contributed by atoms with van der Waals surface area (Å²) in [5, 5.41) is 15.2. The Labute approximate surface area is 180 Å². The number of hydrogen-bond acceptors (Lipinski definition) is 6. The number of nitrogens with one attached hydrogen (secondary N) is 1. The van der Waals surface area contributed by atoms with E-state index in [1.165, 1.54) is 9.70 Å². The van der Waals surface area contributed by atoms with E-state index in [-0.39, 0.29) is 30.9 Å². The molecular weight excluding hydrogens is 396 g/mol. The number of tetrazole rings is 1. The zero-order chi connectivity index (χ0) is 21.8. The van der Waals surface area contributed by atoms with Gasteiger partial charge in [0.1, 0.15) is 18.8 Å². The van der Waals surface area contributed by atoms with Gasteiger partial charge in [-0.15, -0.1) is 10.2 Å². The lowest BCUT2D eigenvalue weighted by Gasteiger charge is -2.23. The van der Waals surface area contributed by atoms with Gasteiger partial charge in [0, 0.05) is 11.7 Å². The minimum absolute atomic E-state index is 0.0582. The van der Waals surface area contributed by atoms with E-state index in [1.54, 1.807) is 6.07 Å². The first-order valence-corrected chi connectivity index (χ1v) is 10.5. The second-order valence-electron chi connectivity index (χ2n) is 7.92. The number of amides is 2. The van der Waals surface area contributed by atoms with Gasteiger partial charge in [0.25, 0.3) is 5.91 Å². The van der Waals surface area contributed by atoms with E-state index in [4.69, 9.17) is 4.42 Å². The maximum atomic E-state index is 13.1. The molecule has 1 saturated carbocycles. The van der Waals surface area contributed by atoms with Crippen LogP contribution in [0.4, 0.5) is 5.69 Å². The SMILES string of the molecule is Cc1ccc(N(CC(=O)NC2CCCC2)C(=O)Cn2nnc(-c3ccc(C)o3)n2)cc1. The third-order valence-electron chi connectivity index (χ3n) is 5.36. The Morgan fingerprint density at radius 2 is 1.87 bits per heavy atom. The Kier molecular flexibility index (Phi) is 6.11. The van der Waals surface area contributed by atoms with E-state index in [2.05, 4.69) is 20.7 Å². The first kappa shape index (κ1) is 20.8. The van der Waals surface area contributed by atoms with Crippen molar-refractivity contribution in [3.8, 4) is 11.6 Å². The van der Waals surface area contributed by atoms with Crippen LogP contribution in [0.15, 0.2) is 40.8 Å². The van der Waals surface area contributed by atoms with Crippen LogP contribution in [0.5, 0.6) is 0 Å². The van der Waals surface area contributed by atoms with Crippen LogP contribution in [0.25, 0.3) is 11.6 Å². The number of furan rings is 1. The molecule has 1 aliphatic rings. The molecule has 0 aliphatic heterocycles. The number of anilines is 1. The van der Waals surface area contributed by atoms with Gasteiger partial charge in [0.2, 0.25) is 11.7 Å². The summed E-state index contributed by atoms with van der Waals surface area (Å²) in [6.07, 6.45) is 4.23. The average Bonchev–Trinajstić information content (AvgIpc) is 3.49. The summed E-state index contributed by atoms with van der Waals surface area (Å²) >= 11 is 0. The fourth-order valence-electron chi connectivity index (χ4n) is 3.71. The summed E-state index contributed by atoms with van der Waals surface area (Å²) in [6.45, 7) is 3.60. The molecule has 9 heteroatoms. The molecular formula is C22H26N6O3. The van der Waals surface area contributed by atoms with Crippen molar-refractivity contribution in [3.63, 3.8) is 0 Å². The highest BCUT2D eigenvalue weighted by Gasteiger charge is 2.23. The molecule has 2 amide bonds. The molecule has 1 fully saturated rings. The molecule has 1 N–H and O–H groups in total. The highest BCUT2D eigenvalue weighted by molar-refractivity contribution is 5.98. The summed E-state index contributed by atoms with van der Waals surface area (Å²) in [5.41, 5.74) is 1.72.